The summed E-state index contributed by atoms with van der Waals surface area (Å²) >= 11 is 0. The molecule has 0 fully saturated rings. The van der Waals surface area contributed by atoms with Crippen LogP contribution in [0.2, 0.25) is 0 Å². The molecule has 0 aliphatic heterocycles. The molecule has 0 saturated carbocycles. The Hall–Kier alpha value is -1.86. The van der Waals surface area contributed by atoms with Crippen LogP contribution in [0, 0.1) is 11.3 Å². The lowest BCUT2D eigenvalue weighted by atomic mass is 10.0. The first-order chi connectivity index (χ1) is 8.42. The van der Waals surface area contributed by atoms with E-state index in [0.717, 1.165) is 12.2 Å². The van der Waals surface area contributed by atoms with Crippen molar-refractivity contribution >= 4 is 11.6 Å². The number of nitrogens with one attached hydrogen (secondary N) is 1. The van der Waals surface area contributed by atoms with Gasteiger partial charge < -0.3 is 10.2 Å². The SMILES string of the molecule is CCNC(C)(C)C(=O)N(C)c1ccc(C#N)cc1. The highest BCUT2D eigenvalue weighted by Gasteiger charge is 2.29. The van der Waals surface area contributed by atoms with Gasteiger partial charge in [-0.25, -0.2) is 0 Å². The van der Waals surface area contributed by atoms with E-state index in [2.05, 4.69) is 11.4 Å². The van der Waals surface area contributed by atoms with Gasteiger partial charge in [0.2, 0.25) is 5.91 Å². The molecule has 0 unspecified atom stereocenters. The summed E-state index contributed by atoms with van der Waals surface area (Å²) in [6.45, 7) is 6.43. The lowest BCUT2D eigenvalue weighted by Crippen LogP contribution is -2.53. The van der Waals surface area contributed by atoms with Crippen molar-refractivity contribution in [2.24, 2.45) is 0 Å². The van der Waals surface area contributed by atoms with Gasteiger partial charge in [-0.05, 0) is 44.7 Å². The molecule has 0 aliphatic rings. The van der Waals surface area contributed by atoms with Crippen molar-refractivity contribution in [2.75, 3.05) is 18.5 Å². The fourth-order valence-corrected chi connectivity index (χ4v) is 1.81. The molecule has 18 heavy (non-hydrogen) atoms. The third-order valence-electron chi connectivity index (χ3n) is 2.84. The first-order valence-electron chi connectivity index (χ1n) is 5.95. The molecule has 4 heteroatoms. The maximum absolute atomic E-state index is 12.3. The van der Waals surface area contributed by atoms with Crippen molar-refractivity contribution in [3.05, 3.63) is 29.8 Å². The Morgan fingerprint density at radius 3 is 2.39 bits per heavy atom. The summed E-state index contributed by atoms with van der Waals surface area (Å²) in [6.07, 6.45) is 0. The summed E-state index contributed by atoms with van der Waals surface area (Å²) in [5.74, 6) is -0.00550. The normalized spacial score (nSPS) is 10.8. The van der Waals surface area contributed by atoms with Gasteiger partial charge in [0.15, 0.2) is 0 Å². The van der Waals surface area contributed by atoms with Gasteiger partial charge >= 0.3 is 0 Å². The van der Waals surface area contributed by atoms with Crippen molar-refractivity contribution in [2.45, 2.75) is 26.3 Å². The van der Waals surface area contributed by atoms with E-state index in [1.54, 1.807) is 36.2 Å². The highest BCUT2D eigenvalue weighted by Crippen LogP contribution is 2.17. The summed E-state index contributed by atoms with van der Waals surface area (Å²) in [7, 11) is 1.74. The molecule has 1 aromatic rings. The molecule has 1 amide bonds. The quantitative estimate of drug-likeness (QED) is 0.881. The van der Waals surface area contributed by atoms with E-state index in [1.807, 2.05) is 20.8 Å². The summed E-state index contributed by atoms with van der Waals surface area (Å²) in [6, 6.07) is 9.03. The van der Waals surface area contributed by atoms with E-state index in [0.29, 0.717) is 5.56 Å². The molecule has 0 bridgehead atoms. The van der Waals surface area contributed by atoms with E-state index in [-0.39, 0.29) is 5.91 Å². The molecule has 0 radical (unpaired) electrons. The number of benzene rings is 1. The first-order valence-corrected chi connectivity index (χ1v) is 5.95. The van der Waals surface area contributed by atoms with Crippen LogP contribution in [0.3, 0.4) is 0 Å². The van der Waals surface area contributed by atoms with Crippen LogP contribution < -0.4 is 10.2 Å². The molecule has 0 aliphatic carbocycles. The maximum Gasteiger partial charge on any atom is 0.246 e. The van der Waals surface area contributed by atoms with Gasteiger partial charge in [-0.3, -0.25) is 4.79 Å². The molecule has 96 valence electrons. The lowest BCUT2D eigenvalue weighted by molar-refractivity contribution is -0.123. The van der Waals surface area contributed by atoms with Gasteiger partial charge in [0.1, 0.15) is 0 Å². The third-order valence-corrected chi connectivity index (χ3v) is 2.84. The summed E-state index contributed by atoms with van der Waals surface area (Å²) in [5.41, 5.74) is 0.771. The highest BCUT2D eigenvalue weighted by molar-refractivity contribution is 5.99. The van der Waals surface area contributed by atoms with E-state index < -0.39 is 5.54 Å². The molecule has 4 nitrogen and oxygen atoms in total. The van der Waals surface area contributed by atoms with Crippen LogP contribution in [-0.4, -0.2) is 25.0 Å². The van der Waals surface area contributed by atoms with Crippen LogP contribution in [0.25, 0.3) is 0 Å². The van der Waals surface area contributed by atoms with Crippen molar-refractivity contribution < 1.29 is 4.79 Å². The fraction of sp³-hybridized carbons (Fsp3) is 0.429. The number of anilines is 1. The minimum absolute atomic E-state index is 0.00550. The van der Waals surface area contributed by atoms with Gasteiger partial charge in [-0.2, -0.15) is 5.26 Å². The standard InChI is InChI=1S/C14H19N3O/c1-5-16-14(2,3)13(18)17(4)12-8-6-11(10-15)7-9-12/h6-9,16H,5H2,1-4H3. The van der Waals surface area contributed by atoms with Crippen molar-refractivity contribution in [1.29, 1.82) is 5.26 Å². The molecule has 0 spiro atoms. The van der Waals surface area contributed by atoms with Crippen LogP contribution in [0.4, 0.5) is 5.69 Å². The number of carbonyl (C=O) groups excluding carboxylic acids is 1. The monoisotopic (exact) mass is 245 g/mol. The topological polar surface area (TPSA) is 56.1 Å². The van der Waals surface area contributed by atoms with Crippen LogP contribution in [-0.2, 0) is 4.79 Å². The Morgan fingerprint density at radius 1 is 1.39 bits per heavy atom. The second kappa shape index (κ2) is 5.65. The number of carbonyl (C=O) groups is 1. The van der Waals surface area contributed by atoms with Gasteiger partial charge in [0, 0.05) is 12.7 Å². The van der Waals surface area contributed by atoms with E-state index in [1.165, 1.54) is 0 Å². The van der Waals surface area contributed by atoms with Gasteiger partial charge in [-0.15, -0.1) is 0 Å². The second-order valence-electron chi connectivity index (χ2n) is 4.68. The smallest absolute Gasteiger partial charge is 0.246 e. The molecule has 1 N–H and O–H groups in total. The highest BCUT2D eigenvalue weighted by atomic mass is 16.2. The third kappa shape index (κ3) is 3.08. The Kier molecular flexibility index (Phi) is 4.46. The summed E-state index contributed by atoms with van der Waals surface area (Å²) in [5, 5.41) is 11.9. The number of likely N-dealkylation sites (N-methyl/N-ethyl adjacent to an activating group) is 2. The van der Waals surface area contributed by atoms with Crippen molar-refractivity contribution in [3.8, 4) is 6.07 Å². The molecule has 1 aromatic carbocycles. The predicted molar refractivity (Wildman–Crippen MR) is 72.3 cm³/mol. The zero-order valence-electron chi connectivity index (χ0n) is 11.3. The molecule has 0 heterocycles. The molecule has 0 aromatic heterocycles. The fourth-order valence-electron chi connectivity index (χ4n) is 1.81. The van der Waals surface area contributed by atoms with Crippen molar-refractivity contribution in [1.82, 2.24) is 5.32 Å². The predicted octanol–water partition coefficient (Wildman–Crippen LogP) is 1.91. The number of hydrogen-bond acceptors (Lipinski definition) is 3. The van der Waals surface area contributed by atoms with Gasteiger partial charge in [-0.1, -0.05) is 6.92 Å². The second-order valence-corrected chi connectivity index (χ2v) is 4.68. The Labute approximate surface area is 108 Å². The molecular formula is C14H19N3O. The van der Waals surface area contributed by atoms with Crippen LogP contribution in [0.5, 0.6) is 0 Å². The van der Waals surface area contributed by atoms with E-state index in [4.69, 9.17) is 5.26 Å². The largest absolute Gasteiger partial charge is 0.314 e. The van der Waals surface area contributed by atoms with Gasteiger partial charge in [0.05, 0.1) is 17.2 Å². The van der Waals surface area contributed by atoms with Crippen molar-refractivity contribution in [3.63, 3.8) is 0 Å². The van der Waals surface area contributed by atoms with Crippen LogP contribution in [0.15, 0.2) is 24.3 Å². The number of rotatable bonds is 4. The number of hydrogen-bond donors (Lipinski definition) is 1. The Bertz CT molecular complexity index is 457. The minimum Gasteiger partial charge on any atom is -0.314 e. The molecule has 0 atom stereocenters. The van der Waals surface area contributed by atoms with Crippen LogP contribution in [0.1, 0.15) is 26.3 Å². The maximum atomic E-state index is 12.3. The minimum atomic E-state index is -0.600. The average Bonchev–Trinajstić information content (AvgIpc) is 2.37. The van der Waals surface area contributed by atoms with E-state index in [9.17, 15) is 4.79 Å². The molecular weight excluding hydrogens is 226 g/mol. The average molecular weight is 245 g/mol. The number of nitriles is 1. The Balaban J connectivity index is 2.89. The zero-order chi connectivity index (χ0) is 13.8. The lowest BCUT2D eigenvalue weighted by Gasteiger charge is -2.30. The number of amides is 1. The van der Waals surface area contributed by atoms with Gasteiger partial charge in [0.25, 0.3) is 0 Å². The molecule has 1 rings (SSSR count). The Morgan fingerprint density at radius 2 is 1.94 bits per heavy atom. The first kappa shape index (κ1) is 14.2. The summed E-state index contributed by atoms with van der Waals surface area (Å²) in [4.78, 5) is 13.9. The number of nitrogens with zero attached hydrogens (tertiary/aromatic N) is 2. The molecule has 0 saturated heterocycles. The summed E-state index contributed by atoms with van der Waals surface area (Å²) < 4.78 is 0. The van der Waals surface area contributed by atoms with E-state index >= 15 is 0 Å². The zero-order valence-corrected chi connectivity index (χ0v) is 11.3. The van der Waals surface area contributed by atoms with Crippen LogP contribution >= 0.6 is 0 Å².